The monoisotopic (exact) mass is 259 g/mol. The number of piperazine rings is 1. The lowest BCUT2D eigenvalue weighted by molar-refractivity contribution is 0.0345. The summed E-state index contributed by atoms with van der Waals surface area (Å²) in [4.78, 5) is 4.61. The third-order valence-corrected chi connectivity index (χ3v) is 3.34. The van der Waals surface area contributed by atoms with Crippen molar-refractivity contribution in [3.8, 4) is 6.07 Å². The highest BCUT2D eigenvalue weighted by Crippen LogP contribution is 2.18. The molecule has 4 heteroatoms. The molecule has 1 saturated heterocycles. The molecule has 2 rings (SSSR count). The van der Waals surface area contributed by atoms with Gasteiger partial charge in [0.05, 0.1) is 17.2 Å². The minimum absolute atomic E-state index is 0.628. The molecule has 102 valence electrons. The van der Waals surface area contributed by atoms with E-state index in [2.05, 4.69) is 15.9 Å². The van der Waals surface area contributed by atoms with Crippen molar-refractivity contribution in [1.82, 2.24) is 4.90 Å². The van der Waals surface area contributed by atoms with Crippen LogP contribution in [0.5, 0.6) is 0 Å². The fourth-order valence-electron chi connectivity index (χ4n) is 2.46. The van der Waals surface area contributed by atoms with Gasteiger partial charge in [-0.1, -0.05) is 0 Å². The van der Waals surface area contributed by atoms with E-state index in [4.69, 9.17) is 5.26 Å². The van der Waals surface area contributed by atoms with Gasteiger partial charge in [0.25, 0.3) is 0 Å². The number of β-amino-alcohol motifs (C(OH)–C–C–N with tert-alkyl or cyclic N) is 1. The first kappa shape index (κ1) is 13.9. The van der Waals surface area contributed by atoms with Crippen LogP contribution < -0.4 is 4.90 Å². The second-order valence-corrected chi connectivity index (χ2v) is 5.73. The fraction of sp³-hybridized carbons (Fsp3) is 0.533. The van der Waals surface area contributed by atoms with Crippen LogP contribution in [-0.2, 0) is 0 Å². The average molecular weight is 259 g/mol. The zero-order valence-electron chi connectivity index (χ0n) is 11.6. The molecule has 1 aliphatic heterocycles. The van der Waals surface area contributed by atoms with Gasteiger partial charge in [0.2, 0.25) is 0 Å². The first-order valence-electron chi connectivity index (χ1n) is 6.68. The van der Waals surface area contributed by atoms with Crippen molar-refractivity contribution >= 4 is 5.69 Å². The first-order chi connectivity index (χ1) is 8.98. The number of anilines is 1. The largest absolute Gasteiger partial charge is 0.389 e. The molecule has 0 unspecified atom stereocenters. The first-order valence-corrected chi connectivity index (χ1v) is 6.68. The molecule has 1 heterocycles. The van der Waals surface area contributed by atoms with Gasteiger partial charge in [0.15, 0.2) is 0 Å². The maximum atomic E-state index is 9.82. The van der Waals surface area contributed by atoms with Gasteiger partial charge in [-0.05, 0) is 38.1 Å². The molecule has 0 aromatic heterocycles. The Bertz CT molecular complexity index is 448. The van der Waals surface area contributed by atoms with Gasteiger partial charge in [-0.25, -0.2) is 0 Å². The standard InChI is InChI=1S/C15H21N3O/c1-15(2,19)12-17-7-9-18(10-8-17)14-5-3-13(11-16)4-6-14/h3-6,19H,7-10,12H2,1-2H3. The summed E-state index contributed by atoms with van der Waals surface area (Å²) in [5, 5.41) is 18.6. The third kappa shape index (κ3) is 3.95. The van der Waals surface area contributed by atoms with Gasteiger partial charge < -0.3 is 10.0 Å². The van der Waals surface area contributed by atoms with Crippen LogP contribution >= 0.6 is 0 Å². The van der Waals surface area contributed by atoms with Crippen molar-refractivity contribution in [3.05, 3.63) is 29.8 Å². The summed E-state index contributed by atoms with van der Waals surface area (Å²) in [5.74, 6) is 0. The molecule has 4 nitrogen and oxygen atoms in total. The minimum atomic E-state index is -0.628. The smallest absolute Gasteiger partial charge is 0.0991 e. The molecule has 1 aliphatic rings. The van der Waals surface area contributed by atoms with E-state index >= 15 is 0 Å². The predicted molar refractivity (Wildman–Crippen MR) is 76.1 cm³/mol. The summed E-state index contributed by atoms with van der Waals surface area (Å²) in [6, 6.07) is 9.86. The number of aliphatic hydroxyl groups is 1. The Morgan fingerprint density at radius 1 is 1.16 bits per heavy atom. The number of nitrogens with zero attached hydrogens (tertiary/aromatic N) is 3. The number of benzene rings is 1. The number of hydrogen-bond acceptors (Lipinski definition) is 4. The van der Waals surface area contributed by atoms with Crippen LogP contribution in [0.2, 0.25) is 0 Å². The van der Waals surface area contributed by atoms with Crippen LogP contribution in [0.25, 0.3) is 0 Å². The number of rotatable bonds is 3. The Morgan fingerprint density at radius 3 is 2.21 bits per heavy atom. The molecule has 0 saturated carbocycles. The molecule has 0 bridgehead atoms. The Labute approximate surface area is 114 Å². The molecular formula is C15H21N3O. The van der Waals surface area contributed by atoms with Crippen LogP contribution in [0, 0.1) is 11.3 Å². The highest BCUT2D eigenvalue weighted by molar-refractivity contribution is 5.50. The quantitative estimate of drug-likeness (QED) is 0.892. The van der Waals surface area contributed by atoms with E-state index in [0.717, 1.165) is 26.2 Å². The third-order valence-electron chi connectivity index (χ3n) is 3.34. The molecule has 19 heavy (non-hydrogen) atoms. The molecule has 0 spiro atoms. The molecule has 0 aliphatic carbocycles. The second-order valence-electron chi connectivity index (χ2n) is 5.73. The zero-order chi connectivity index (χ0) is 13.9. The molecule has 1 aromatic carbocycles. The zero-order valence-corrected chi connectivity index (χ0v) is 11.6. The molecule has 0 amide bonds. The van der Waals surface area contributed by atoms with Crippen molar-refractivity contribution in [2.24, 2.45) is 0 Å². The van der Waals surface area contributed by atoms with E-state index < -0.39 is 5.60 Å². The molecule has 1 aromatic rings. The molecule has 0 atom stereocenters. The Hall–Kier alpha value is -1.57. The van der Waals surface area contributed by atoms with Crippen LogP contribution in [-0.4, -0.2) is 48.3 Å². The van der Waals surface area contributed by atoms with E-state index in [-0.39, 0.29) is 0 Å². The van der Waals surface area contributed by atoms with Crippen molar-refractivity contribution in [3.63, 3.8) is 0 Å². The van der Waals surface area contributed by atoms with Crippen molar-refractivity contribution < 1.29 is 5.11 Å². The summed E-state index contributed by atoms with van der Waals surface area (Å²) in [6.07, 6.45) is 0. The van der Waals surface area contributed by atoms with E-state index in [0.29, 0.717) is 12.1 Å². The maximum Gasteiger partial charge on any atom is 0.0991 e. The highest BCUT2D eigenvalue weighted by atomic mass is 16.3. The Morgan fingerprint density at radius 2 is 1.74 bits per heavy atom. The van der Waals surface area contributed by atoms with Gasteiger partial charge in [-0.15, -0.1) is 0 Å². The van der Waals surface area contributed by atoms with E-state index in [1.807, 2.05) is 38.1 Å². The maximum absolute atomic E-state index is 9.82. The fourth-order valence-corrected chi connectivity index (χ4v) is 2.46. The van der Waals surface area contributed by atoms with Gasteiger partial charge in [-0.3, -0.25) is 4.90 Å². The average Bonchev–Trinajstić information content (AvgIpc) is 2.38. The van der Waals surface area contributed by atoms with Crippen LogP contribution in [0.3, 0.4) is 0 Å². The summed E-state index contributed by atoms with van der Waals surface area (Å²) in [7, 11) is 0. The van der Waals surface area contributed by atoms with Crippen molar-refractivity contribution in [1.29, 1.82) is 5.26 Å². The lowest BCUT2D eigenvalue weighted by atomic mass is 10.1. The Kier molecular flexibility index (Phi) is 4.08. The minimum Gasteiger partial charge on any atom is -0.389 e. The van der Waals surface area contributed by atoms with Crippen LogP contribution in [0.1, 0.15) is 19.4 Å². The van der Waals surface area contributed by atoms with Crippen LogP contribution in [0.15, 0.2) is 24.3 Å². The molecule has 1 fully saturated rings. The van der Waals surface area contributed by atoms with Crippen molar-refractivity contribution in [2.45, 2.75) is 19.4 Å². The summed E-state index contributed by atoms with van der Waals surface area (Å²) >= 11 is 0. The lowest BCUT2D eigenvalue weighted by Crippen LogP contribution is -2.50. The number of nitriles is 1. The second kappa shape index (κ2) is 5.60. The van der Waals surface area contributed by atoms with Crippen molar-refractivity contribution in [2.75, 3.05) is 37.6 Å². The van der Waals surface area contributed by atoms with E-state index in [1.165, 1.54) is 5.69 Å². The summed E-state index contributed by atoms with van der Waals surface area (Å²) < 4.78 is 0. The van der Waals surface area contributed by atoms with Gasteiger partial charge >= 0.3 is 0 Å². The Balaban J connectivity index is 1.91. The normalized spacial score (nSPS) is 17.3. The number of hydrogen-bond donors (Lipinski definition) is 1. The topological polar surface area (TPSA) is 50.5 Å². The summed E-state index contributed by atoms with van der Waals surface area (Å²) in [5.41, 5.74) is 1.24. The van der Waals surface area contributed by atoms with E-state index in [9.17, 15) is 5.11 Å². The van der Waals surface area contributed by atoms with Crippen LogP contribution in [0.4, 0.5) is 5.69 Å². The molecule has 1 N–H and O–H groups in total. The SMILES string of the molecule is CC(C)(O)CN1CCN(c2ccc(C#N)cc2)CC1. The lowest BCUT2D eigenvalue weighted by Gasteiger charge is -2.38. The molecule has 0 radical (unpaired) electrons. The van der Waals surface area contributed by atoms with Gasteiger partial charge in [0, 0.05) is 38.4 Å². The van der Waals surface area contributed by atoms with Gasteiger partial charge in [0.1, 0.15) is 0 Å². The highest BCUT2D eigenvalue weighted by Gasteiger charge is 2.22. The molecular weight excluding hydrogens is 238 g/mol. The van der Waals surface area contributed by atoms with Gasteiger partial charge in [-0.2, -0.15) is 5.26 Å². The van der Waals surface area contributed by atoms with E-state index in [1.54, 1.807) is 0 Å². The summed E-state index contributed by atoms with van der Waals surface area (Å²) in [6.45, 7) is 8.26. The predicted octanol–water partition coefficient (Wildman–Crippen LogP) is 1.45.